The lowest BCUT2D eigenvalue weighted by Gasteiger charge is -2.14. The number of sulfonamides is 1. The zero-order valence-corrected chi connectivity index (χ0v) is 13.7. The molecule has 11 heteroatoms. The average Bonchev–Trinajstić information content (AvgIpc) is 2.43. The maximum Gasteiger partial charge on any atom is 0.321 e. The molecule has 1 unspecified atom stereocenters. The number of thioether (sulfide) groups is 1. The van der Waals surface area contributed by atoms with Gasteiger partial charge in [-0.1, -0.05) is 11.6 Å². The van der Waals surface area contributed by atoms with E-state index in [4.69, 9.17) is 16.7 Å². The lowest BCUT2D eigenvalue weighted by molar-refractivity contribution is -0.385. The maximum atomic E-state index is 12.2. The number of nitrogens with zero attached hydrogens (tertiary/aromatic N) is 1. The molecule has 0 amide bonds. The van der Waals surface area contributed by atoms with Crippen molar-refractivity contribution in [1.82, 2.24) is 4.72 Å². The second kappa shape index (κ2) is 7.77. The molecule has 1 aromatic rings. The summed E-state index contributed by atoms with van der Waals surface area (Å²) in [5.74, 6) is -0.901. The molecule has 1 rings (SSSR count). The van der Waals surface area contributed by atoms with E-state index in [0.717, 1.165) is 18.2 Å². The molecular weight excluding hydrogens is 356 g/mol. The third-order valence-electron chi connectivity index (χ3n) is 2.62. The van der Waals surface area contributed by atoms with Crippen LogP contribution in [0.4, 0.5) is 5.69 Å². The first-order chi connectivity index (χ1) is 10.2. The SMILES string of the molecule is CSCCC(NS(=O)(=O)c1cc([N+](=O)[O-])ccc1Cl)C(=O)O. The Morgan fingerprint density at radius 1 is 1.55 bits per heavy atom. The highest BCUT2D eigenvalue weighted by Crippen LogP contribution is 2.26. The highest BCUT2D eigenvalue weighted by atomic mass is 35.5. The Balaban J connectivity index is 3.15. The van der Waals surface area contributed by atoms with Crippen LogP contribution in [0.25, 0.3) is 0 Å². The van der Waals surface area contributed by atoms with Crippen molar-refractivity contribution in [3.63, 3.8) is 0 Å². The monoisotopic (exact) mass is 368 g/mol. The Bertz CT molecular complexity index is 679. The number of non-ortho nitro benzene ring substituents is 1. The number of hydrogen-bond donors (Lipinski definition) is 2. The Labute approximate surface area is 136 Å². The summed E-state index contributed by atoms with van der Waals surface area (Å²) >= 11 is 7.12. The summed E-state index contributed by atoms with van der Waals surface area (Å²) in [6, 6.07) is 1.58. The van der Waals surface area contributed by atoms with Gasteiger partial charge in [0, 0.05) is 12.1 Å². The highest BCUT2D eigenvalue weighted by Gasteiger charge is 2.28. The number of nitro benzene ring substituents is 1. The number of aliphatic carboxylic acids is 1. The van der Waals surface area contributed by atoms with Crippen molar-refractivity contribution in [3.05, 3.63) is 33.3 Å². The largest absolute Gasteiger partial charge is 0.480 e. The van der Waals surface area contributed by atoms with Crippen LogP contribution >= 0.6 is 23.4 Å². The molecule has 0 aliphatic rings. The van der Waals surface area contributed by atoms with Crippen LogP contribution in [0.1, 0.15) is 6.42 Å². The minimum absolute atomic E-state index is 0.0717. The highest BCUT2D eigenvalue weighted by molar-refractivity contribution is 7.98. The average molecular weight is 369 g/mol. The second-order valence-corrected chi connectivity index (χ2v) is 7.24. The standard InChI is InChI=1S/C11H13ClN2O6S2/c1-21-5-4-9(11(15)16)13-22(19,20)10-6-7(14(17)18)2-3-8(10)12/h2-3,6,9,13H,4-5H2,1H3,(H,15,16). The van der Waals surface area contributed by atoms with Gasteiger partial charge in [0.1, 0.15) is 10.9 Å². The van der Waals surface area contributed by atoms with Crippen molar-refractivity contribution in [1.29, 1.82) is 0 Å². The molecule has 0 spiro atoms. The quantitative estimate of drug-likeness (QED) is 0.528. The van der Waals surface area contributed by atoms with E-state index in [1.807, 2.05) is 4.72 Å². The smallest absolute Gasteiger partial charge is 0.321 e. The molecule has 0 bridgehead atoms. The minimum Gasteiger partial charge on any atom is -0.480 e. The van der Waals surface area contributed by atoms with Crippen LogP contribution in [0.5, 0.6) is 0 Å². The molecule has 22 heavy (non-hydrogen) atoms. The van der Waals surface area contributed by atoms with Crippen molar-refractivity contribution in [2.24, 2.45) is 0 Å². The van der Waals surface area contributed by atoms with Gasteiger partial charge < -0.3 is 5.11 Å². The van der Waals surface area contributed by atoms with E-state index >= 15 is 0 Å². The number of carboxylic acid groups (broad SMARTS) is 1. The number of nitro groups is 1. The molecule has 0 fully saturated rings. The normalized spacial score (nSPS) is 12.8. The molecular formula is C11H13ClN2O6S2. The van der Waals surface area contributed by atoms with Gasteiger partial charge in [-0.05, 0) is 24.5 Å². The number of benzene rings is 1. The van der Waals surface area contributed by atoms with Crippen molar-refractivity contribution >= 4 is 45.0 Å². The topological polar surface area (TPSA) is 127 Å². The van der Waals surface area contributed by atoms with E-state index in [9.17, 15) is 23.3 Å². The van der Waals surface area contributed by atoms with E-state index in [1.165, 1.54) is 11.8 Å². The van der Waals surface area contributed by atoms with Gasteiger partial charge in [0.15, 0.2) is 0 Å². The Morgan fingerprint density at radius 3 is 2.68 bits per heavy atom. The van der Waals surface area contributed by atoms with Gasteiger partial charge in [0.2, 0.25) is 10.0 Å². The van der Waals surface area contributed by atoms with Gasteiger partial charge in [-0.15, -0.1) is 0 Å². The van der Waals surface area contributed by atoms with Gasteiger partial charge in [-0.2, -0.15) is 16.5 Å². The number of carboxylic acids is 1. The number of halogens is 1. The summed E-state index contributed by atoms with van der Waals surface area (Å²) in [5, 5.41) is 19.5. The second-order valence-electron chi connectivity index (χ2n) is 4.17. The van der Waals surface area contributed by atoms with Gasteiger partial charge in [-0.3, -0.25) is 14.9 Å². The maximum absolute atomic E-state index is 12.2. The summed E-state index contributed by atoms with van der Waals surface area (Å²) in [4.78, 5) is 20.5. The molecule has 0 aromatic heterocycles. The van der Waals surface area contributed by atoms with Crippen LogP contribution in [0.2, 0.25) is 5.02 Å². The van der Waals surface area contributed by atoms with Crippen LogP contribution in [0, 0.1) is 10.1 Å². The molecule has 0 saturated carbocycles. The first-order valence-electron chi connectivity index (χ1n) is 5.87. The van der Waals surface area contributed by atoms with Crippen LogP contribution in [-0.4, -0.2) is 42.5 Å². The predicted octanol–water partition coefficient (Wildman–Crippen LogP) is 1.73. The minimum atomic E-state index is -4.30. The zero-order chi connectivity index (χ0) is 16.9. The Hall–Kier alpha value is -1.36. The Kier molecular flexibility index (Phi) is 6.60. The van der Waals surface area contributed by atoms with E-state index in [2.05, 4.69) is 0 Å². The number of rotatable bonds is 8. The van der Waals surface area contributed by atoms with Gasteiger partial charge in [0.05, 0.1) is 9.95 Å². The molecule has 0 heterocycles. The first kappa shape index (κ1) is 18.7. The molecule has 2 N–H and O–H groups in total. The van der Waals surface area contributed by atoms with Crippen molar-refractivity contribution in [2.45, 2.75) is 17.4 Å². The van der Waals surface area contributed by atoms with Crippen molar-refractivity contribution in [3.8, 4) is 0 Å². The molecule has 0 aliphatic heterocycles. The zero-order valence-electron chi connectivity index (χ0n) is 11.4. The van der Waals surface area contributed by atoms with Crippen LogP contribution < -0.4 is 4.72 Å². The van der Waals surface area contributed by atoms with Gasteiger partial charge in [0.25, 0.3) is 5.69 Å². The van der Waals surface area contributed by atoms with Crippen LogP contribution in [-0.2, 0) is 14.8 Å². The summed E-state index contributed by atoms with van der Waals surface area (Å²) in [7, 11) is -4.30. The summed E-state index contributed by atoms with van der Waals surface area (Å²) in [6.07, 6.45) is 1.83. The van der Waals surface area contributed by atoms with Crippen molar-refractivity contribution in [2.75, 3.05) is 12.0 Å². The van der Waals surface area contributed by atoms with E-state index in [-0.39, 0.29) is 11.4 Å². The molecule has 1 aromatic carbocycles. The van der Waals surface area contributed by atoms with Crippen LogP contribution in [0.3, 0.4) is 0 Å². The number of carbonyl (C=O) groups is 1. The molecule has 122 valence electrons. The summed E-state index contributed by atoms with van der Waals surface area (Å²) in [5.41, 5.74) is -0.458. The molecule has 1 atom stereocenters. The fraction of sp³-hybridized carbons (Fsp3) is 0.364. The van der Waals surface area contributed by atoms with E-state index < -0.39 is 37.5 Å². The van der Waals surface area contributed by atoms with Crippen LogP contribution in [0.15, 0.2) is 23.1 Å². The number of nitrogens with one attached hydrogen (secondary N) is 1. The predicted molar refractivity (Wildman–Crippen MR) is 82.9 cm³/mol. The van der Waals surface area contributed by atoms with Crippen molar-refractivity contribution < 1.29 is 23.2 Å². The fourth-order valence-electron chi connectivity index (χ4n) is 1.53. The molecule has 0 radical (unpaired) electrons. The molecule has 0 aliphatic carbocycles. The molecule has 8 nitrogen and oxygen atoms in total. The lowest BCUT2D eigenvalue weighted by atomic mass is 10.2. The van der Waals surface area contributed by atoms with E-state index in [0.29, 0.717) is 5.75 Å². The van der Waals surface area contributed by atoms with E-state index in [1.54, 1.807) is 6.26 Å². The molecule has 0 saturated heterocycles. The third kappa shape index (κ3) is 4.83. The van der Waals surface area contributed by atoms with Gasteiger partial charge >= 0.3 is 5.97 Å². The Morgan fingerprint density at radius 2 is 2.18 bits per heavy atom. The van der Waals surface area contributed by atoms with Gasteiger partial charge in [-0.25, -0.2) is 8.42 Å². The summed E-state index contributed by atoms with van der Waals surface area (Å²) < 4.78 is 26.4. The summed E-state index contributed by atoms with van der Waals surface area (Å²) in [6.45, 7) is 0. The fourth-order valence-corrected chi connectivity index (χ4v) is 3.75. The number of hydrogen-bond acceptors (Lipinski definition) is 6. The lowest BCUT2D eigenvalue weighted by Crippen LogP contribution is -2.41. The third-order valence-corrected chi connectivity index (χ3v) is 5.22. The first-order valence-corrected chi connectivity index (χ1v) is 9.12.